The van der Waals surface area contributed by atoms with Gasteiger partial charge in [-0.15, -0.1) is 0 Å². The number of aromatic amines is 1. The molecule has 0 aliphatic carbocycles. The summed E-state index contributed by atoms with van der Waals surface area (Å²) >= 11 is 6.70. The van der Waals surface area contributed by atoms with Crippen molar-refractivity contribution in [3.05, 3.63) is 59.8 Å². The van der Waals surface area contributed by atoms with Gasteiger partial charge in [0.05, 0.1) is 47.9 Å². The van der Waals surface area contributed by atoms with E-state index in [1.807, 2.05) is 31.2 Å². The Bertz CT molecular complexity index is 1590. The maximum Gasteiger partial charge on any atom is 0.244 e. The van der Waals surface area contributed by atoms with E-state index in [2.05, 4.69) is 20.1 Å². The van der Waals surface area contributed by atoms with E-state index in [-0.39, 0.29) is 12.5 Å². The number of carbonyl (C=O) groups is 1. The number of H-pyrrole nitrogens is 1. The molecule has 0 spiro atoms. The van der Waals surface area contributed by atoms with Crippen LogP contribution < -0.4 is 4.74 Å². The van der Waals surface area contributed by atoms with E-state index in [0.29, 0.717) is 59.6 Å². The second-order valence-corrected chi connectivity index (χ2v) is 8.90. The van der Waals surface area contributed by atoms with Crippen molar-refractivity contribution in [1.29, 1.82) is 0 Å². The number of amides is 1. The minimum Gasteiger partial charge on any atom is -0.456 e. The highest BCUT2D eigenvalue weighted by Crippen LogP contribution is 2.35. The first-order valence-electron chi connectivity index (χ1n) is 11.5. The van der Waals surface area contributed by atoms with Gasteiger partial charge in [0.1, 0.15) is 34.4 Å². The number of ether oxygens (including phenoxy) is 2. The fraction of sp³-hybridized carbons (Fsp3) is 0.240. The molecule has 0 unspecified atom stereocenters. The van der Waals surface area contributed by atoms with Gasteiger partial charge in [0.15, 0.2) is 0 Å². The first-order valence-corrected chi connectivity index (χ1v) is 11.9. The second-order valence-electron chi connectivity index (χ2n) is 8.52. The summed E-state index contributed by atoms with van der Waals surface area (Å²) in [5.41, 5.74) is 4.25. The Kier molecular flexibility index (Phi) is 5.74. The summed E-state index contributed by atoms with van der Waals surface area (Å²) in [6.07, 6.45) is 5.11. The zero-order chi connectivity index (χ0) is 24.6. The molecule has 182 valence electrons. The summed E-state index contributed by atoms with van der Waals surface area (Å²) in [5.74, 6) is 1.94. The van der Waals surface area contributed by atoms with Gasteiger partial charge in [-0.25, -0.2) is 9.97 Å². The molecular formula is C25H22ClN7O3. The van der Waals surface area contributed by atoms with Crippen molar-refractivity contribution in [2.24, 2.45) is 0 Å². The topological polar surface area (TPSA) is 111 Å². The quantitative estimate of drug-likeness (QED) is 0.386. The maximum atomic E-state index is 12.5. The summed E-state index contributed by atoms with van der Waals surface area (Å²) in [6, 6.07) is 9.21. The Morgan fingerprint density at radius 3 is 2.83 bits per heavy atom. The lowest BCUT2D eigenvalue weighted by molar-refractivity contribution is -0.136. The molecule has 2 aromatic carbocycles. The number of halogens is 1. The summed E-state index contributed by atoms with van der Waals surface area (Å²) < 4.78 is 13.0. The zero-order valence-electron chi connectivity index (χ0n) is 19.4. The zero-order valence-corrected chi connectivity index (χ0v) is 20.2. The van der Waals surface area contributed by atoms with Crippen molar-refractivity contribution in [3.8, 4) is 22.8 Å². The largest absolute Gasteiger partial charge is 0.456 e. The van der Waals surface area contributed by atoms with E-state index < -0.39 is 0 Å². The Balaban J connectivity index is 1.25. The minimum atomic E-state index is 0.00542. The second kappa shape index (κ2) is 9.21. The fourth-order valence-electron chi connectivity index (χ4n) is 4.18. The van der Waals surface area contributed by atoms with Gasteiger partial charge >= 0.3 is 0 Å². The molecule has 11 heteroatoms. The van der Waals surface area contributed by atoms with Gasteiger partial charge in [0.25, 0.3) is 0 Å². The molecule has 0 radical (unpaired) electrons. The van der Waals surface area contributed by atoms with Crippen molar-refractivity contribution < 1.29 is 14.3 Å². The Morgan fingerprint density at radius 1 is 1.14 bits per heavy atom. The molecule has 6 rings (SSSR count). The van der Waals surface area contributed by atoms with Crippen LogP contribution in [0.2, 0.25) is 5.02 Å². The maximum absolute atomic E-state index is 12.5. The van der Waals surface area contributed by atoms with E-state index in [9.17, 15) is 4.79 Å². The molecule has 36 heavy (non-hydrogen) atoms. The highest BCUT2D eigenvalue weighted by molar-refractivity contribution is 6.36. The molecule has 4 heterocycles. The van der Waals surface area contributed by atoms with E-state index in [1.54, 1.807) is 34.2 Å². The van der Waals surface area contributed by atoms with E-state index in [1.165, 1.54) is 0 Å². The fourth-order valence-corrected chi connectivity index (χ4v) is 4.43. The lowest BCUT2D eigenvalue weighted by atomic mass is 10.2. The van der Waals surface area contributed by atoms with Gasteiger partial charge in [-0.1, -0.05) is 11.6 Å². The monoisotopic (exact) mass is 503 g/mol. The third kappa shape index (κ3) is 4.36. The number of imidazole rings is 1. The third-order valence-electron chi connectivity index (χ3n) is 6.01. The lowest BCUT2D eigenvalue weighted by Gasteiger charge is -2.26. The molecule has 1 amide bonds. The van der Waals surface area contributed by atoms with Crippen LogP contribution in [0.15, 0.2) is 48.9 Å². The number of aromatic nitrogens is 6. The van der Waals surface area contributed by atoms with Crippen LogP contribution in [0.25, 0.3) is 33.3 Å². The first kappa shape index (κ1) is 22.4. The number of benzene rings is 2. The van der Waals surface area contributed by atoms with Crippen molar-refractivity contribution in [3.63, 3.8) is 0 Å². The minimum absolute atomic E-state index is 0.00542. The first-order chi connectivity index (χ1) is 17.5. The van der Waals surface area contributed by atoms with E-state index in [0.717, 1.165) is 22.4 Å². The number of nitrogens with zero attached hydrogens (tertiary/aromatic N) is 6. The molecular weight excluding hydrogens is 482 g/mol. The molecule has 0 atom stereocenters. The molecule has 5 aromatic rings. The predicted molar refractivity (Wildman–Crippen MR) is 134 cm³/mol. The van der Waals surface area contributed by atoms with Crippen LogP contribution >= 0.6 is 11.6 Å². The number of fused-ring (bicyclic) bond motifs is 2. The number of carbonyl (C=O) groups excluding carboxylic acids is 1. The summed E-state index contributed by atoms with van der Waals surface area (Å²) in [6.45, 7) is 4.38. The standard InChI is InChI=1S/C25H22ClN7O3/c1-15-29-18-3-2-17(10-20(18)30-15)36-22-5-4-19-25(24(22)26)31-21(12-27-19)16-11-28-33(13-16)14-23(34)32-6-8-35-9-7-32/h2-5,10-13H,6-9,14H2,1H3,(H,29,30). The van der Waals surface area contributed by atoms with Gasteiger partial charge in [-0.3, -0.25) is 14.5 Å². The van der Waals surface area contributed by atoms with Crippen LogP contribution in [0, 0.1) is 6.92 Å². The van der Waals surface area contributed by atoms with Crippen molar-refractivity contribution >= 4 is 39.6 Å². The average molecular weight is 504 g/mol. The predicted octanol–water partition coefficient (Wildman–Crippen LogP) is 3.98. The molecule has 0 bridgehead atoms. The normalized spacial score (nSPS) is 14.0. The van der Waals surface area contributed by atoms with Crippen LogP contribution in [0.3, 0.4) is 0 Å². The molecule has 1 aliphatic heterocycles. The number of morpholine rings is 1. The van der Waals surface area contributed by atoms with Gasteiger partial charge < -0.3 is 19.4 Å². The molecule has 3 aromatic heterocycles. The van der Waals surface area contributed by atoms with Crippen LogP contribution in [0.4, 0.5) is 0 Å². The van der Waals surface area contributed by atoms with Crippen LogP contribution in [-0.4, -0.2) is 66.8 Å². The average Bonchev–Trinajstić information content (AvgIpc) is 3.51. The Morgan fingerprint density at radius 2 is 1.97 bits per heavy atom. The number of hydrogen-bond donors (Lipinski definition) is 1. The van der Waals surface area contributed by atoms with E-state index in [4.69, 9.17) is 26.1 Å². The summed E-state index contributed by atoms with van der Waals surface area (Å²) in [5, 5.41) is 4.69. The van der Waals surface area contributed by atoms with Crippen molar-refractivity contribution in [1.82, 2.24) is 34.6 Å². The van der Waals surface area contributed by atoms with Crippen LogP contribution in [0.5, 0.6) is 11.5 Å². The van der Waals surface area contributed by atoms with Gasteiger partial charge in [-0.2, -0.15) is 5.10 Å². The Hall–Kier alpha value is -4.02. The number of hydrogen-bond acceptors (Lipinski definition) is 7. The van der Waals surface area contributed by atoms with Crippen molar-refractivity contribution in [2.75, 3.05) is 26.3 Å². The molecule has 10 nitrogen and oxygen atoms in total. The highest BCUT2D eigenvalue weighted by atomic mass is 35.5. The van der Waals surface area contributed by atoms with E-state index >= 15 is 0 Å². The van der Waals surface area contributed by atoms with Gasteiger partial charge in [0.2, 0.25) is 5.91 Å². The molecule has 0 saturated carbocycles. The number of aryl methyl sites for hydroxylation is 1. The van der Waals surface area contributed by atoms with Crippen molar-refractivity contribution in [2.45, 2.75) is 13.5 Å². The Labute approximate surface area is 210 Å². The van der Waals surface area contributed by atoms with Gasteiger partial charge in [0, 0.05) is 30.9 Å². The lowest BCUT2D eigenvalue weighted by Crippen LogP contribution is -2.42. The molecule has 1 aliphatic rings. The smallest absolute Gasteiger partial charge is 0.244 e. The number of nitrogens with one attached hydrogen (secondary N) is 1. The SMILES string of the molecule is Cc1nc2ccc(Oc3ccc4ncc(-c5cnn(CC(=O)N6CCOCC6)c5)nc4c3Cl)cc2[nH]1. The van der Waals surface area contributed by atoms with Crippen LogP contribution in [0.1, 0.15) is 5.82 Å². The summed E-state index contributed by atoms with van der Waals surface area (Å²) in [7, 11) is 0. The molecule has 1 N–H and O–H groups in total. The highest BCUT2D eigenvalue weighted by Gasteiger charge is 2.18. The third-order valence-corrected chi connectivity index (χ3v) is 6.37. The summed E-state index contributed by atoms with van der Waals surface area (Å²) in [4.78, 5) is 31.2. The van der Waals surface area contributed by atoms with Gasteiger partial charge in [-0.05, 0) is 31.2 Å². The number of rotatable bonds is 5. The molecule has 1 saturated heterocycles. The van der Waals surface area contributed by atoms with Crippen LogP contribution in [-0.2, 0) is 16.1 Å². The molecule has 1 fully saturated rings.